The second-order valence-electron chi connectivity index (χ2n) is 1.08. The molecule has 1 aromatic heterocycles. The van der Waals surface area contributed by atoms with Crippen LogP contribution in [0.15, 0.2) is 12.6 Å². The van der Waals surface area contributed by atoms with E-state index in [0.29, 0.717) is 5.82 Å². The van der Waals surface area contributed by atoms with Gasteiger partial charge in [-0.3, -0.25) is 0 Å². The van der Waals surface area contributed by atoms with Gasteiger partial charge in [-0.1, -0.05) is 0 Å². The summed E-state index contributed by atoms with van der Waals surface area (Å²) < 4.78 is 13.8. The maximum Gasteiger partial charge on any atom is 0.128 e. The molecule has 0 bridgehead atoms. The molecule has 7 heavy (non-hydrogen) atoms. The molecule has 36 valence electrons. The van der Waals surface area contributed by atoms with E-state index in [1.807, 2.05) is 0 Å². The first-order valence-electron chi connectivity index (χ1n) is 2.84. The molecular weight excluding hydrogens is 90.1 g/mol. The lowest BCUT2D eigenvalue weighted by molar-refractivity contribution is 0.974. The van der Waals surface area contributed by atoms with Crippen molar-refractivity contribution < 1.29 is 2.74 Å². The van der Waals surface area contributed by atoms with Gasteiger partial charge in [0.25, 0.3) is 0 Å². The van der Waals surface area contributed by atoms with Crippen LogP contribution in [0.25, 0.3) is 0 Å². The molecule has 0 aliphatic rings. The maximum atomic E-state index is 6.89. The molecule has 0 aliphatic heterocycles. The second kappa shape index (κ2) is 1.64. The van der Waals surface area contributed by atoms with Crippen molar-refractivity contribution in [3.63, 3.8) is 0 Å². The minimum Gasteiger partial charge on any atom is -0.225 e. The average Bonchev–Trinajstić information content (AvgIpc) is 1.59. The number of hydrogen-bond donors (Lipinski definition) is 0. The van der Waals surface area contributed by atoms with Crippen molar-refractivity contribution in [2.24, 2.45) is 0 Å². The third kappa shape index (κ3) is 0.924. The van der Waals surface area contributed by atoms with Gasteiger partial charge in [0, 0.05) is 0 Å². The highest BCUT2D eigenvalue weighted by molar-refractivity contribution is 4.73. The van der Waals surface area contributed by atoms with Gasteiger partial charge in [0.2, 0.25) is 0 Å². The van der Waals surface area contributed by atoms with E-state index >= 15 is 0 Å². The van der Waals surface area contributed by atoms with Crippen LogP contribution in [-0.4, -0.2) is 15.0 Å². The van der Waals surface area contributed by atoms with Crippen LogP contribution >= 0.6 is 0 Å². The Hall–Kier alpha value is -0.990. The summed E-state index contributed by atoms with van der Waals surface area (Å²) in [5, 5.41) is 0. The van der Waals surface area contributed by atoms with E-state index in [4.69, 9.17) is 2.74 Å². The molecule has 0 radical (unpaired) electrons. The van der Waals surface area contributed by atoms with E-state index in [2.05, 4.69) is 15.0 Å². The largest absolute Gasteiger partial charge is 0.225 e. The van der Waals surface area contributed by atoms with Crippen molar-refractivity contribution in [3.05, 3.63) is 18.4 Å². The zero-order valence-corrected chi connectivity index (χ0v) is 3.84. The number of nitrogens with zero attached hydrogens (tertiary/aromatic N) is 3. The normalized spacial score (nSPS) is 12.7. The molecule has 0 N–H and O–H groups in total. The Kier molecular flexibility index (Phi) is 0.551. The molecule has 0 saturated heterocycles. The summed E-state index contributed by atoms with van der Waals surface area (Å²) in [7, 11) is 0. The average molecular weight is 99.1 g/mol. The molecule has 0 aromatic carbocycles. The van der Waals surface area contributed by atoms with Crippen LogP contribution in [0, 0.1) is 6.92 Å². The van der Waals surface area contributed by atoms with Crippen LogP contribution in [0.1, 0.15) is 8.57 Å². The van der Waals surface area contributed by atoms with E-state index in [9.17, 15) is 0 Å². The summed E-state index contributed by atoms with van der Waals surface area (Å²) in [5.74, 6) is 0.417. The Labute approximate surface area is 44.3 Å². The van der Waals surface area contributed by atoms with E-state index in [1.165, 1.54) is 0 Å². The molecule has 0 atom stereocenters. The summed E-state index contributed by atoms with van der Waals surface area (Å²) >= 11 is 0. The van der Waals surface area contributed by atoms with Crippen LogP contribution in [0.4, 0.5) is 0 Å². The fourth-order valence-corrected chi connectivity index (χ4v) is 0.242. The quantitative estimate of drug-likeness (QED) is 0.465. The number of aryl methyl sites for hydroxylation is 1. The molecule has 0 amide bonds. The number of rotatable bonds is 0. The topological polar surface area (TPSA) is 38.7 Å². The highest BCUT2D eigenvalue weighted by Gasteiger charge is 1.75. The van der Waals surface area contributed by atoms with Gasteiger partial charge in [0.1, 0.15) is 21.2 Å². The van der Waals surface area contributed by atoms with Crippen molar-refractivity contribution in [1.29, 1.82) is 0 Å². The van der Waals surface area contributed by atoms with Gasteiger partial charge in [0.15, 0.2) is 0 Å². The molecule has 1 heterocycles. The van der Waals surface area contributed by atoms with Crippen molar-refractivity contribution in [2.45, 2.75) is 6.92 Å². The van der Waals surface area contributed by atoms with E-state index < -0.39 is 0 Å². The Bertz CT molecular complexity index is 175. The zero-order chi connectivity index (χ0) is 6.85. The summed E-state index contributed by atoms with van der Waals surface area (Å²) in [5.41, 5.74) is 0. The molecule has 1 rings (SSSR count). The summed E-state index contributed by atoms with van der Waals surface area (Å²) in [6, 6.07) is 0. The molecular formula is C4H5N3. The fraction of sp³-hybridized carbons (Fsp3) is 0.250. The Morgan fingerprint density at radius 2 is 2.14 bits per heavy atom. The van der Waals surface area contributed by atoms with E-state index in [-0.39, 0.29) is 12.6 Å². The molecule has 0 saturated carbocycles. The molecule has 1 aromatic rings. The van der Waals surface area contributed by atoms with Gasteiger partial charge in [-0.15, -0.1) is 0 Å². The number of hydrogen-bond acceptors (Lipinski definition) is 3. The van der Waals surface area contributed by atoms with Crippen molar-refractivity contribution >= 4 is 0 Å². The Morgan fingerprint density at radius 1 is 1.57 bits per heavy atom. The highest BCUT2D eigenvalue weighted by Crippen LogP contribution is 1.74. The highest BCUT2D eigenvalue weighted by atomic mass is 15.0. The minimum atomic E-state index is -0.146. The second-order valence-corrected chi connectivity index (χ2v) is 1.08. The van der Waals surface area contributed by atoms with Crippen LogP contribution in [-0.2, 0) is 0 Å². The van der Waals surface area contributed by atoms with Crippen molar-refractivity contribution in [3.8, 4) is 0 Å². The molecule has 0 aliphatic carbocycles. The SMILES string of the molecule is [3H]c1nc([3H])nc(C)n1. The first-order chi connectivity index (χ1) is 4.18. The molecule has 0 unspecified atom stereocenters. The summed E-state index contributed by atoms with van der Waals surface area (Å²) in [6.07, 6.45) is -0.292. The van der Waals surface area contributed by atoms with Crippen molar-refractivity contribution in [1.82, 2.24) is 15.0 Å². The Morgan fingerprint density at radius 3 is 2.57 bits per heavy atom. The van der Waals surface area contributed by atoms with Gasteiger partial charge in [-0.05, 0) is 6.92 Å². The van der Waals surface area contributed by atoms with Gasteiger partial charge in [-0.25, -0.2) is 15.0 Å². The molecule has 3 nitrogen and oxygen atoms in total. The van der Waals surface area contributed by atoms with Gasteiger partial charge in [-0.2, -0.15) is 0 Å². The van der Waals surface area contributed by atoms with Crippen LogP contribution in [0.5, 0.6) is 0 Å². The molecule has 3 heteroatoms. The Balaban J connectivity index is 3.17. The van der Waals surface area contributed by atoms with Gasteiger partial charge >= 0.3 is 0 Å². The smallest absolute Gasteiger partial charge is 0.128 e. The molecule has 0 spiro atoms. The first-order valence-corrected chi connectivity index (χ1v) is 1.84. The predicted molar refractivity (Wildman–Crippen MR) is 24.6 cm³/mol. The lowest BCUT2D eigenvalue weighted by Crippen LogP contribution is -1.84. The standard InChI is InChI=1S/C4H5N3/c1-4-6-2-5-3-7-4/h2-3H,1H3/i2T,3T. The zero-order valence-electron chi connectivity index (χ0n) is 5.84. The summed E-state index contributed by atoms with van der Waals surface area (Å²) in [6.45, 7) is 1.62. The van der Waals surface area contributed by atoms with Crippen LogP contribution in [0.3, 0.4) is 0 Å². The predicted octanol–water partition coefficient (Wildman–Crippen LogP) is 0.180. The van der Waals surface area contributed by atoms with Crippen molar-refractivity contribution in [2.75, 3.05) is 0 Å². The third-order valence-electron chi connectivity index (χ3n) is 0.524. The number of aromatic nitrogens is 3. The van der Waals surface area contributed by atoms with Gasteiger partial charge in [0.05, 0.1) is 0 Å². The third-order valence-corrected chi connectivity index (χ3v) is 0.524. The van der Waals surface area contributed by atoms with Crippen LogP contribution < -0.4 is 0 Å². The minimum absolute atomic E-state index is 0.146. The van der Waals surface area contributed by atoms with E-state index in [0.717, 1.165) is 0 Å². The van der Waals surface area contributed by atoms with E-state index in [1.54, 1.807) is 6.92 Å². The molecule has 0 fully saturated rings. The monoisotopic (exact) mass is 99.1 g/mol. The fourth-order valence-electron chi connectivity index (χ4n) is 0.242. The summed E-state index contributed by atoms with van der Waals surface area (Å²) in [4.78, 5) is 10.5. The van der Waals surface area contributed by atoms with Crippen LogP contribution in [0.2, 0.25) is 0 Å². The maximum absolute atomic E-state index is 6.89. The first kappa shape index (κ1) is 2.35. The van der Waals surface area contributed by atoms with Gasteiger partial charge < -0.3 is 0 Å². The lowest BCUT2D eigenvalue weighted by atomic mass is 10.7. The lowest BCUT2D eigenvalue weighted by Gasteiger charge is -1.80.